The van der Waals surface area contributed by atoms with Crippen LogP contribution in [0.3, 0.4) is 0 Å². The second-order valence-corrected chi connectivity index (χ2v) is 6.73. The number of nitrogens with one attached hydrogen (secondary N) is 2. The number of rotatable bonds is 5. The number of halogens is 1. The Bertz CT molecular complexity index is 1280. The molecule has 2 N–H and O–H groups in total. The van der Waals surface area contributed by atoms with Gasteiger partial charge in [0.2, 0.25) is 11.9 Å². The average Bonchev–Trinajstić information content (AvgIpc) is 3.18. The van der Waals surface area contributed by atoms with Crippen LogP contribution in [0.2, 0.25) is 0 Å². The van der Waals surface area contributed by atoms with Crippen LogP contribution in [-0.2, 0) is 4.79 Å². The van der Waals surface area contributed by atoms with Gasteiger partial charge in [0.25, 0.3) is 0 Å². The Hall–Kier alpha value is -4.00. The Kier molecular flexibility index (Phi) is 5.02. The molecule has 0 fully saturated rings. The van der Waals surface area contributed by atoms with Crippen molar-refractivity contribution in [1.82, 2.24) is 15.0 Å². The number of anilines is 1. The van der Waals surface area contributed by atoms with Gasteiger partial charge in [-0.1, -0.05) is 6.58 Å². The van der Waals surface area contributed by atoms with Gasteiger partial charge in [-0.15, -0.1) is 0 Å². The van der Waals surface area contributed by atoms with Crippen LogP contribution >= 0.6 is 0 Å². The summed E-state index contributed by atoms with van der Waals surface area (Å²) in [5.41, 5.74) is 5.48. The third-order valence-corrected chi connectivity index (χ3v) is 4.90. The lowest BCUT2D eigenvalue weighted by Gasteiger charge is -2.13. The molecule has 0 aliphatic rings. The number of hydrogen-bond acceptors (Lipinski definition) is 4. The Morgan fingerprint density at radius 2 is 2.03 bits per heavy atom. The second-order valence-electron chi connectivity index (χ2n) is 6.73. The fraction of sp³-hybridized carbons (Fsp3) is 0.0870. The van der Waals surface area contributed by atoms with Crippen molar-refractivity contribution in [3.05, 3.63) is 73.1 Å². The number of aryl methyl sites for hydroxylation is 1. The highest BCUT2D eigenvalue weighted by Crippen LogP contribution is 2.37. The molecule has 3 aromatic heterocycles. The summed E-state index contributed by atoms with van der Waals surface area (Å²) in [5.74, 6) is -0.261. The molecule has 0 saturated heterocycles. The van der Waals surface area contributed by atoms with E-state index in [1.807, 2.05) is 25.3 Å². The van der Waals surface area contributed by atoms with Gasteiger partial charge in [0.15, 0.2) is 0 Å². The Labute approximate surface area is 172 Å². The zero-order chi connectivity index (χ0) is 21.3. The standard InChI is InChI=1S/C23H19FN4O2/c1-4-21(29)28-16-7-15(8-17(10-16)30-3)18-11-26-23-22(13(18)2)19(12-27-23)14-5-6-25-20(24)9-14/h4-12H,1H2,2-3H3,(H,26,27)(H,28,29). The minimum atomic E-state index is -0.543. The topological polar surface area (TPSA) is 79.9 Å². The molecule has 0 atom stereocenters. The van der Waals surface area contributed by atoms with E-state index in [-0.39, 0.29) is 5.91 Å². The van der Waals surface area contributed by atoms with Crippen LogP contribution in [0.5, 0.6) is 5.75 Å². The van der Waals surface area contributed by atoms with E-state index in [1.165, 1.54) is 18.3 Å². The van der Waals surface area contributed by atoms with Crippen LogP contribution in [0, 0.1) is 12.9 Å². The Morgan fingerprint density at radius 3 is 2.77 bits per heavy atom. The number of carbonyl (C=O) groups is 1. The van der Waals surface area contributed by atoms with Gasteiger partial charge in [0, 0.05) is 52.9 Å². The van der Waals surface area contributed by atoms with E-state index in [0.29, 0.717) is 22.6 Å². The Morgan fingerprint density at radius 1 is 1.20 bits per heavy atom. The SMILES string of the molecule is C=CC(=O)Nc1cc(OC)cc(-c2cnc3[nH]cc(-c4ccnc(F)c4)c3c2C)c1. The third kappa shape index (κ3) is 3.53. The van der Waals surface area contributed by atoms with Crippen LogP contribution in [0.4, 0.5) is 10.1 Å². The number of fused-ring (bicyclic) bond motifs is 1. The van der Waals surface area contributed by atoms with Crippen LogP contribution in [-0.4, -0.2) is 28.0 Å². The molecule has 30 heavy (non-hydrogen) atoms. The van der Waals surface area contributed by atoms with Crippen LogP contribution in [0.25, 0.3) is 33.3 Å². The molecule has 1 amide bonds. The number of amides is 1. The van der Waals surface area contributed by atoms with E-state index in [1.54, 1.807) is 25.4 Å². The number of pyridine rings is 2. The van der Waals surface area contributed by atoms with E-state index >= 15 is 0 Å². The highest BCUT2D eigenvalue weighted by atomic mass is 19.1. The van der Waals surface area contributed by atoms with Crippen molar-refractivity contribution < 1.29 is 13.9 Å². The molecular weight excluding hydrogens is 383 g/mol. The first-order valence-corrected chi connectivity index (χ1v) is 9.21. The summed E-state index contributed by atoms with van der Waals surface area (Å²) in [4.78, 5) is 23.1. The van der Waals surface area contributed by atoms with E-state index in [9.17, 15) is 9.18 Å². The second kappa shape index (κ2) is 7.79. The zero-order valence-corrected chi connectivity index (χ0v) is 16.5. The first-order valence-electron chi connectivity index (χ1n) is 9.21. The molecular formula is C23H19FN4O2. The van der Waals surface area contributed by atoms with Gasteiger partial charge < -0.3 is 15.0 Å². The number of methoxy groups -OCH3 is 1. The molecule has 0 spiro atoms. The van der Waals surface area contributed by atoms with E-state index < -0.39 is 5.95 Å². The molecule has 0 unspecified atom stereocenters. The van der Waals surface area contributed by atoms with Crippen molar-refractivity contribution >= 4 is 22.6 Å². The summed E-state index contributed by atoms with van der Waals surface area (Å²) in [5, 5.41) is 3.65. The fourth-order valence-corrected chi connectivity index (χ4v) is 3.48. The number of carbonyl (C=O) groups excluding carboxylic acids is 1. The van der Waals surface area contributed by atoms with Gasteiger partial charge in [-0.25, -0.2) is 9.97 Å². The van der Waals surface area contributed by atoms with Gasteiger partial charge in [-0.2, -0.15) is 4.39 Å². The van der Waals surface area contributed by atoms with Crippen molar-refractivity contribution in [3.63, 3.8) is 0 Å². The summed E-state index contributed by atoms with van der Waals surface area (Å²) in [6.45, 7) is 5.46. The summed E-state index contributed by atoms with van der Waals surface area (Å²) in [7, 11) is 1.56. The van der Waals surface area contributed by atoms with Crippen LogP contribution < -0.4 is 10.1 Å². The molecule has 3 heterocycles. The number of aromatic nitrogens is 3. The molecule has 6 nitrogen and oxygen atoms in total. The average molecular weight is 402 g/mol. The number of ether oxygens (including phenoxy) is 1. The van der Waals surface area contributed by atoms with Gasteiger partial charge in [0.1, 0.15) is 11.4 Å². The predicted octanol–water partition coefficient (Wildman–Crippen LogP) is 4.87. The van der Waals surface area contributed by atoms with Crippen LogP contribution in [0.1, 0.15) is 5.56 Å². The fourth-order valence-electron chi connectivity index (χ4n) is 3.48. The molecule has 0 saturated carbocycles. The zero-order valence-electron chi connectivity index (χ0n) is 16.5. The number of benzene rings is 1. The molecule has 1 aromatic carbocycles. The summed E-state index contributed by atoms with van der Waals surface area (Å²) >= 11 is 0. The predicted molar refractivity (Wildman–Crippen MR) is 115 cm³/mol. The van der Waals surface area contributed by atoms with Gasteiger partial charge in [-0.05, 0) is 47.9 Å². The van der Waals surface area contributed by atoms with Crippen molar-refractivity contribution in [3.8, 4) is 28.0 Å². The van der Waals surface area contributed by atoms with Crippen molar-refractivity contribution in [1.29, 1.82) is 0 Å². The number of nitrogens with zero attached hydrogens (tertiary/aromatic N) is 2. The highest BCUT2D eigenvalue weighted by Gasteiger charge is 2.15. The summed E-state index contributed by atoms with van der Waals surface area (Å²) in [6, 6.07) is 8.60. The van der Waals surface area contributed by atoms with E-state index in [4.69, 9.17) is 4.74 Å². The van der Waals surface area contributed by atoms with E-state index in [2.05, 4.69) is 26.8 Å². The molecule has 7 heteroatoms. The minimum Gasteiger partial charge on any atom is -0.497 e. The van der Waals surface area contributed by atoms with E-state index in [0.717, 1.165) is 27.6 Å². The maximum absolute atomic E-state index is 13.7. The molecule has 150 valence electrons. The number of aromatic amines is 1. The first kappa shape index (κ1) is 19.3. The summed E-state index contributed by atoms with van der Waals surface area (Å²) in [6.07, 6.45) is 6.22. The maximum Gasteiger partial charge on any atom is 0.247 e. The molecule has 4 rings (SSSR count). The lowest BCUT2D eigenvalue weighted by atomic mass is 9.96. The first-order chi connectivity index (χ1) is 14.5. The van der Waals surface area contributed by atoms with Gasteiger partial charge in [-0.3, -0.25) is 4.79 Å². The number of hydrogen-bond donors (Lipinski definition) is 2. The molecule has 0 aliphatic heterocycles. The monoisotopic (exact) mass is 402 g/mol. The van der Waals surface area contributed by atoms with Crippen LogP contribution in [0.15, 0.2) is 61.6 Å². The minimum absolute atomic E-state index is 0.313. The molecule has 0 bridgehead atoms. The molecule has 0 aliphatic carbocycles. The molecule has 4 aromatic rings. The highest BCUT2D eigenvalue weighted by molar-refractivity contribution is 6.01. The molecule has 0 radical (unpaired) electrons. The Balaban J connectivity index is 1.89. The van der Waals surface area contributed by atoms with Gasteiger partial charge >= 0.3 is 0 Å². The third-order valence-electron chi connectivity index (χ3n) is 4.90. The van der Waals surface area contributed by atoms with Gasteiger partial charge in [0.05, 0.1) is 7.11 Å². The normalized spacial score (nSPS) is 10.8. The summed E-state index contributed by atoms with van der Waals surface area (Å²) < 4.78 is 19.1. The lowest BCUT2D eigenvalue weighted by molar-refractivity contribution is -0.111. The quantitative estimate of drug-likeness (QED) is 0.369. The number of H-pyrrole nitrogens is 1. The smallest absolute Gasteiger partial charge is 0.247 e. The maximum atomic E-state index is 13.7. The van der Waals surface area contributed by atoms with Crippen molar-refractivity contribution in [2.24, 2.45) is 0 Å². The van der Waals surface area contributed by atoms with Crippen molar-refractivity contribution in [2.45, 2.75) is 6.92 Å². The largest absolute Gasteiger partial charge is 0.497 e. The lowest BCUT2D eigenvalue weighted by Crippen LogP contribution is -2.07. The van der Waals surface area contributed by atoms with Crippen molar-refractivity contribution in [2.75, 3.05) is 12.4 Å².